The van der Waals surface area contributed by atoms with Gasteiger partial charge in [0.1, 0.15) is 5.56 Å². The molecule has 0 aliphatic carbocycles. The monoisotopic (exact) mass is 357 g/mol. The van der Waals surface area contributed by atoms with E-state index in [2.05, 4.69) is 5.32 Å². The highest BCUT2D eigenvalue weighted by molar-refractivity contribution is 5.87. The molecule has 7 heteroatoms. The van der Waals surface area contributed by atoms with Gasteiger partial charge in [-0.25, -0.2) is 0 Å². The number of nitrogens with one attached hydrogen (secondary N) is 1. The molecule has 25 heavy (non-hydrogen) atoms. The average molecular weight is 357 g/mol. The van der Waals surface area contributed by atoms with Gasteiger partial charge in [-0.2, -0.15) is 13.2 Å². The summed E-state index contributed by atoms with van der Waals surface area (Å²) >= 11 is 0. The van der Waals surface area contributed by atoms with Crippen LogP contribution in [0.2, 0.25) is 0 Å². The summed E-state index contributed by atoms with van der Waals surface area (Å²) < 4.78 is 49.2. The predicted molar refractivity (Wildman–Crippen MR) is 90.6 cm³/mol. The Bertz CT molecular complexity index is 650. The van der Waals surface area contributed by atoms with Crippen LogP contribution in [0.5, 0.6) is 11.5 Å². The van der Waals surface area contributed by atoms with Gasteiger partial charge >= 0.3 is 6.18 Å². The summed E-state index contributed by atoms with van der Waals surface area (Å²) in [6.07, 6.45) is 1.12. The minimum atomic E-state index is -4.57. The summed E-state index contributed by atoms with van der Waals surface area (Å²) in [5.41, 5.74) is -0.648. The maximum Gasteiger partial charge on any atom is 0.420 e. The lowest BCUT2D eigenvalue weighted by atomic mass is 10.1. The fourth-order valence-corrected chi connectivity index (χ4v) is 1.97. The van der Waals surface area contributed by atoms with Crippen molar-refractivity contribution in [1.82, 2.24) is 5.32 Å². The third-order valence-electron chi connectivity index (χ3n) is 3.14. The zero-order valence-corrected chi connectivity index (χ0v) is 14.6. The molecule has 1 aromatic rings. The summed E-state index contributed by atoms with van der Waals surface area (Å²) in [4.78, 5) is 11.5. The van der Waals surface area contributed by atoms with Gasteiger partial charge in [0.2, 0.25) is 5.91 Å². The van der Waals surface area contributed by atoms with Crippen molar-refractivity contribution in [3.8, 4) is 11.5 Å². The molecule has 0 saturated heterocycles. The van der Waals surface area contributed by atoms with Crippen LogP contribution in [-0.4, -0.2) is 26.7 Å². The van der Waals surface area contributed by atoms with Crippen LogP contribution in [0.25, 0.3) is 6.08 Å². The zero-order chi connectivity index (χ0) is 19.0. The Hall–Kier alpha value is -2.44. The second kappa shape index (κ2) is 9.15. The third kappa shape index (κ3) is 6.52. The fourth-order valence-electron chi connectivity index (χ4n) is 1.97. The first-order valence-electron chi connectivity index (χ1n) is 7.64. The van der Waals surface area contributed by atoms with Crippen LogP contribution in [0.3, 0.4) is 0 Å². The number of alkyl halides is 3. The summed E-state index contributed by atoms with van der Waals surface area (Å²) in [7, 11) is 2.42. The molecule has 0 heterocycles. The van der Waals surface area contributed by atoms with E-state index in [0.717, 1.165) is 13.2 Å². The van der Waals surface area contributed by atoms with Crippen molar-refractivity contribution in [2.24, 2.45) is 5.92 Å². The summed E-state index contributed by atoms with van der Waals surface area (Å²) in [5, 5.41) is 2.70. The highest BCUT2D eigenvalue weighted by Gasteiger charge is 2.36. The number of rotatable bonds is 7. The molecular formula is C18H22F3NO3. The number of benzene rings is 1. The third-order valence-corrected chi connectivity index (χ3v) is 3.14. The summed E-state index contributed by atoms with van der Waals surface area (Å²) in [6.45, 7) is 4.50. The van der Waals surface area contributed by atoms with Crippen molar-refractivity contribution in [2.75, 3.05) is 20.8 Å². The lowest BCUT2D eigenvalue weighted by Crippen LogP contribution is -2.25. The predicted octanol–water partition coefficient (Wildman–Crippen LogP) is 4.06. The summed E-state index contributed by atoms with van der Waals surface area (Å²) in [6, 6.07) is 2.39. The van der Waals surface area contributed by atoms with Crippen molar-refractivity contribution < 1.29 is 27.4 Å². The lowest BCUT2D eigenvalue weighted by Gasteiger charge is -2.16. The maximum atomic E-state index is 13.1. The number of allylic oxidation sites excluding steroid dienone is 2. The molecule has 0 aliphatic rings. The van der Waals surface area contributed by atoms with Gasteiger partial charge in [-0.3, -0.25) is 4.79 Å². The van der Waals surface area contributed by atoms with E-state index in [1.165, 1.54) is 37.5 Å². The molecular weight excluding hydrogens is 335 g/mol. The Balaban J connectivity index is 2.97. The van der Waals surface area contributed by atoms with Gasteiger partial charge in [-0.15, -0.1) is 0 Å². The number of halogens is 3. The largest absolute Gasteiger partial charge is 0.493 e. The molecule has 0 spiro atoms. The van der Waals surface area contributed by atoms with E-state index in [-0.39, 0.29) is 23.0 Å². The van der Waals surface area contributed by atoms with Crippen LogP contribution in [0, 0.1) is 5.92 Å². The van der Waals surface area contributed by atoms with Crippen molar-refractivity contribution in [3.63, 3.8) is 0 Å². The number of carbonyl (C=O) groups excluding carboxylic acids is 1. The first-order chi connectivity index (χ1) is 11.7. The minimum Gasteiger partial charge on any atom is -0.493 e. The second-order valence-corrected chi connectivity index (χ2v) is 5.66. The Labute approximate surface area is 145 Å². The molecule has 0 aromatic heterocycles. The molecule has 4 nitrogen and oxygen atoms in total. The minimum absolute atomic E-state index is 0.0179. The van der Waals surface area contributed by atoms with E-state index >= 15 is 0 Å². The van der Waals surface area contributed by atoms with E-state index in [1.807, 2.05) is 13.8 Å². The molecule has 1 aromatic carbocycles. The summed E-state index contributed by atoms with van der Waals surface area (Å²) in [5.74, 6) is -0.312. The number of hydrogen-bond donors (Lipinski definition) is 1. The van der Waals surface area contributed by atoms with Crippen molar-refractivity contribution >= 4 is 12.0 Å². The van der Waals surface area contributed by atoms with Gasteiger partial charge in [0.05, 0.1) is 14.2 Å². The first-order valence-corrected chi connectivity index (χ1v) is 7.64. The molecule has 1 amide bonds. The molecule has 0 atom stereocenters. The van der Waals surface area contributed by atoms with Crippen LogP contribution < -0.4 is 14.8 Å². The van der Waals surface area contributed by atoms with Gasteiger partial charge in [0.15, 0.2) is 11.5 Å². The number of hydrogen-bond acceptors (Lipinski definition) is 3. The van der Waals surface area contributed by atoms with Gasteiger partial charge in [0, 0.05) is 12.6 Å². The van der Waals surface area contributed by atoms with Crippen LogP contribution in [0.15, 0.2) is 30.4 Å². The quantitative estimate of drug-likeness (QED) is 0.591. The normalized spacial score (nSPS) is 12.2. The number of carbonyl (C=O) groups is 1. The van der Waals surface area contributed by atoms with Gasteiger partial charge in [-0.1, -0.05) is 32.1 Å². The Morgan fingerprint density at radius 2 is 1.88 bits per heavy atom. The van der Waals surface area contributed by atoms with Crippen molar-refractivity contribution in [2.45, 2.75) is 20.0 Å². The number of amides is 1. The first kappa shape index (κ1) is 20.6. The smallest absolute Gasteiger partial charge is 0.420 e. The molecule has 1 N–H and O–H groups in total. The molecule has 1 rings (SSSR count). The maximum absolute atomic E-state index is 13.1. The van der Waals surface area contributed by atoms with Crippen LogP contribution in [0.4, 0.5) is 13.2 Å². The van der Waals surface area contributed by atoms with E-state index in [1.54, 1.807) is 0 Å². The topological polar surface area (TPSA) is 47.6 Å². The number of methoxy groups -OCH3 is 2. The number of ether oxygens (including phenoxy) is 2. The molecule has 0 radical (unpaired) electrons. The highest BCUT2D eigenvalue weighted by Crippen LogP contribution is 2.42. The van der Waals surface area contributed by atoms with Crippen molar-refractivity contribution in [3.05, 3.63) is 41.5 Å². The Kier molecular flexibility index (Phi) is 7.54. The molecule has 138 valence electrons. The Morgan fingerprint density at radius 3 is 2.40 bits per heavy atom. The Morgan fingerprint density at radius 1 is 1.20 bits per heavy atom. The molecule has 0 aliphatic heterocycles. The highest BCUT2D eigenvalue weighted by atomic mass is 19.4. The van der Waals surface area contributed by atoms with Gasteiger partial charge < -0.3 is 14.8 Å². The van der Waals surface area contributed by atoms with Crippen LogP contribution in [0.1, 0.15) is 25.0 Å². The zero-order valence-electron chi connectivity index (χ0n) is 14.6. The van der Waals surface area contributed by atoms with E-state index < -0.39 is 11.7 Å². The molecule has 0 saturated carbocycles. The van der Waals surface area contributed by atoms with Crippen LogP contribution >= 0.6 is 0 Å². The molecule has 0 bridgehead atoms. The second-order valence-electron chi connectivity index (χ2n) is 5.66. The SMILES string of the molecule is COc1cc(/C=C/C=C/C(=O)NCC(C)C)cc(C(F)(F)F)c1OC. The van der Waals surface area contributed by atoms with E-state index in [0.29, 0.717) is 12.5 Å². The van der Waals surface area contributed by atoms with E-state index in [4.69, 9.17) is 9.47 Å². The average Bonchev–Trinajstić information content (AvgIpc) is 2.55. The lowest BCUT2D eigenvalue weighted by molar-refractivity contribution is -0.138. The van der Waals surface area contributed by atoms with Crippen LogP contribution in [-0.2, 0) is 11.0 Å². The van der Waals surface area contributed by atoms with Gasteiger partial charge in [-0.05, 0) is 23.6 Å². The molecule has 0 fully saturated rings. The fraction of sp³-hybridized carbons (Fsp3) is 0.389. The molecule has 0 unspecified atom stereocenters. The standard InChI is InChI=1S/C18H22F3NO3/c1-12(2)11-22-16(23)8-6-5-7-13-9-14(18(19,20)21)17(25-4)15(10-13)24-3/h5-10,12H,11H2,1-4H3,(H,22,23)/b7-5+,8-6+. The van der Waals surface area contributed by atoms with Gasteiger partial charge in [0.25, 0.3) is 0 Å². The van der Waals surface area contributed by atoms with Crippen molar-refractivity contribution in [1.29, 1.82) is 0 Å². The van der Waals surface area contributed by atoms with E-state index in [9.17, 15) is 18.0 Å².